The van der Waals surface area contributed by atoms with Crippen LogP contribution in [0.25, 0.3) is 5.69 Å². The van der Waals surface area contributed by atoms with Gasteiger partial charge in [-0.3, -0.25) is 19.0 Å². The van der Waals surface area contributed by atoms with Crippen LogP contribution in [0.5, 0.6) is 0 Å². The molecule has 1 unspecified atom stereocenters. The number of amides is 2. The normalized spacial score (nSPS) is 17.7. The molecule has 4 rings (SSSR count). The molecule has 1 aliphatic heterocycles. The quantitative estimate of drug-likeness (QED) is 0.730. The maximum Gasteiger partial charge on any atom is 0.268 e. The number of hydrogen-bond donors (Lipinski definition) is 1. The van der Waals surface area contributed by atoms with E-state index in [2.05, 4.69) is 17.5 Å². The molecule has 2 aromatic rings. The summed E-state index contributed by atoms with van der Waals surface area (Å²) in [5.41, 5.74) is 1.63. The first-order valence-electron chi connectivity index (χ1n) is 11.2. The molecule has 0 fully saturated rings. The van der Waals surface area contributed by atoms with Crippen molar-refractivity contribution >= 4 is 11.8 Å². The van der Waals surface area contributed by atoms with E-state index in [0.717, 1.165) is 31.2 Å². The lowest BCUT2D eigenvalue weighted by Gasteiger charge is -2.29. The van der Waals surface area contributed by atoms with Gasteiger partial charge in [0, 0.05) is 38.4 Å². The summed E-state index contributed by atoms with van der Waals surface area (Å²) in [5, 5.41) is 2.94. The van der Waals surface area contributed by atoms with Crippen molar-refractivity contribution in [2.45, 2.75) is 45.6 Å². The molecular formula is C25H28FN3O3. The van der Waals surface area contributed by atoms with Crippen LogP contribution in [0, 0.1) is 11.7 Å². The van der Waals surface area contributed by atoms with Gasteiger partial charge in [0.05, 0.1) is 0 Å². The minimum atomic E-state index is -0.426. The Labute approximate surface area is 186 Å². The first-order valence-corrected chi connectivity index (χ1v) is 11.2. The molecule has 2 aliphatic rings. The van der Waals surface area contributed by atoms with Crippen molar-refractivity contribution in [3.05, 3.63) is 75.5 Å². The van der Waals surface area contributed by atoms with E-state index < -0.39 is 11.4 Å². The Bertz CT molecular complexity index is 1100. The molecule has 0 radical (unpaired) electrons. The van der Waals surface area contributed by atoms with E-state index in [4.69, 9.17) is 0 Å². The maximum atomic E-state index is 13.4. The van der Waals surface area contributed by atoms with Crippen molar-refractivity contribution in [2.75, 3.05) is 13.1 Å². The van der Waals surface area contributed by atoms with E-state index in [9.17, 15) is 18.8 Å². The second-order valence-electron chi connectivity index (χ2n) is 8.55. The van der Waals surface area contributed by atoms with Gasteiger partial charge in [0.1, 0.15) is 11.4 Å². The lowest BCUT2D eigenvalue weighted by atomic mass is 9.91. The monoisotopic (exact) mass is 437 g/mol. The van der Waals surface area contributed by atoms with Crippen molar-refractivity contribution in [2.24, 2.45) is 5.92 Å². The number of benzene rings is 1. The van der Waals surface area contributed by atoms with Crippen LogP contribution in [-0.2, 0) is 17.8 Å². The summed E-state index contributed by atoms with van der Waals surface area (Å²) < 4.78 is 14.8. The van der Waals surface area contributed by atoms with Gasteiger partial charge in [-0.2, -0.15) is 0 Å². The second kappa shape index (κ2) is 9.51. The minimum Gasteiger partial charge on any atom is -0.352 e. The molecule has 2 amide bonds. The fourth-order valence-electron chi connectivity index (χ4n) is 4.55. The third kappa shape index (κ3) is 4.66. The van der Waals surface area contributed by atoms with Gasteiger partial charge in [-0.15, -0.1) is 0 Å². The molecule has 2 heterocycles. The highest BCUT2D eigenvalue weighted by molar-refractivity contribution is 5.96. The highest BCUT2D eigenvalue weighted by Crippen LogP contribution is 2.23. The number of nitrogens with zero attached hydrogens (tertiary/aromatic N) is 2. The highest BCUT2D eigenvalue weighted by atomic mass is 19.1. The molecule has 1 atom stereocenters. The fourth-order valence-corrected chi connectivity index (χ4v) is 4.55. The Balaban J connectivity index is 1.65. The SMILES string of the molecule is CC(=O)N1CCc2c(cn(-c3ccc(F)cc3)c(=O)c2C(=O)NCCC2CC=CCC2)C1. The highest BCUT2D eigenvalue weighted by Gasteiger charge is 2.27. The van der Waals surface area contributed by atoms with Crippen molar-refractivity contribution in [3.63, 3.8) is 0 Å². The summed E-state index contributed by atoms with van der Waals surface area (Å²) in [7, 11) is 0. The summed E-state index contributed by atoms with van der Waals surface area (Å²) in [5.74, 6) is -0.295. The zero-order chi connectivity index (χ0) is 22.7. The van der Waals surface area contributed by atoms with Gasteiger partial charge >= 0.3 is 0 Å². The molecule has 1 aliphatic carbocycles. The average Bonchev–Trinajstić information content (AvgIpc) is 2.79. The number of carbonyl (C=O) groups is 2. The number of pyridine rings is 1. The van der Waals surface area contributed by atoms with E-state index >= 15 is 0 Å². The van der Waals surface area contributed by atoms with Gasteiger partial charge in [-0.1, -0.05) is 12.2 Å². The van der Waals surface area contributed by atoms with E-state index in [1.807, 2.05) is 0 Å². The second-order valence-corrected chi connectivity index (χ2v) is 8.55. The molecule has 1 N–H and O–H groups in total. The van der Waals surface area contributed by atoms with Crippen LogP contribution in [0.4, 0.5) is 4.39 Å². The molecule has 7 heteroatoms. The van der Waals surface area contributed by atoms with Crippen molar-refractivity contribution in [1.82, 2.24) is 14.8 Å². The Morgan fingerprint density at radius 2 is 1.97 bits per heavy atom. The van der Waals surface area contributed by atoms with Crippen LogP contribution in [0.3, 0.4) is 0 Å². The first-order chi connectivity index (χ1) is 15.4. The van der Waals surface area contributed by atoms with Crippen LogP contribution in [0.15, 0.2) is 47.4 Å². The van der Waals surface area contributed by atoms with Crippen molar-refractivity contribution in [1.29, 1.82) is 0 Å². The number of aromatic nitrogens is 1. The molecule has 0 bridgehead atoms. The molecular weight excluding hydrogens is 409 g/mol. The fraction of sp³-hybridized carbons (Fsp3) is 0.400. The van der Waals surface area contributed by atoms with Gasteiger partial charge in [0.25, 0.3) is 11.5 Å². The molecule has 0 saturated carbocycles. The first kappa shape index (κ1) is 22.0. The number of fused-ring (bicyclic) bond motifs is 1. The predicted molar refractivity (Wildman–Crippen MR) is 120 cm³/mol. The lowest BCUT2D eigenvalue weighted by Crippen LogP contribution is -2.40. The molecule has 0 saturated heterocycles. The molecule has 32 heavy (non-hydrogen) atoms. The Morgan fingerprint density at radius 3 is 2.66 bits per heavy atom. The van der Waals surface area contributed by atoms with E-state index in [0.29, 0.717) is 43.2 Å². The van der Waals surface area contributed by atoms with Crippen LogP contribution < -0.4 is 10.9 Å². The zero-order valence-corrected chi connectivity index (χ0v) is 18.3. The summed E-state index contributed by atoms with van der Waals surface area (Å²) in [6.07, 6.45) is 10.6. The third-order valence-corrected chi connectivity index (χ3v) is 6.39. The third-order valence-electron chi connectivity index (χ3n) is 6.39. The Kier molecular flexibility index (Phi) is 6.53. The summed E-state index contributed by atoms with van der Waals surface area (Å²) >= 11 is 0. The van der Waals surface area contributed by atoms with Gasteiger partial charge < -0.3 is 10.2 Å². The van der Waals surface area contributed by atoms with Gasteiger partial charge in [0.2, 0.25) is 5.91 Å². The Morgan fingerprint density at radius 1 is 1.19 bits per heavy atom. The van der Waals surface area contributed by atoms with Gasteiger partial charge in [-0.25, -0.2) is 4.39 Å². The van der Waals surface area contributed by atoms with Crippen LogP contribution in [0.2, 0.25) is 0 Å². The van der Waals surface area contributed by atoms with Crippen molar-refractivity contribution < 1.29 is 14.0 Å². The summed E-state index contributed by atoms with van der Waals surface area (Å²) in [4.78, 5) is 40.1. The molecule has 6 nitrogen and oxygen atoms in total. The topological polar surface area (TPSA) is 71.4 Å². The average molecular weight is 438 g/mol. The standard InChI is InChI=1S/C25H28FN3O3/c1-17(30)28-14-12-22-19(15-28)16-29(21-9-7-20(26)8-10-21)25(32)23(22)24(31)27-13-11-18-5-3-2-4-6-18/h2-3,7-10,16,18H,4-6,11-15H2,1H3,(H,27,31). The predicted octanol–water partition coefficient (Wildman–Crippen LogP) is 3.36. The van der Waals surface area contributed by atoms with Crippen LogP contribution in [-0.4, -0.2) is 34.4 Å². The summed E-state index contributed by atoms with van der Waals surface area (Å²) in [6, 6.07) is 5.57. The smallest absolute Gasteiger partial charge is 0.268 e. The lowest BCUT2D eigenvalue weighted by molar-refractivity contribution is -0.129. The minimum absolute atomic E-state index is 0.0530. The largest absolute Gasteiger partial charge is 0.352 e. The number of halogens is 1. The molecule has 0 spiro atoms. The number of nitrogens with one attached hydrogen (secondary N) is 1. The Hall–Kier alpha value is -3.22. The number of allylic oxidation sites excluding steroid dienone is 2. The zero-order valence-electron chi connectivity index (χ0n) is 18.3. The van der Waals surface area contributed by atoms with Crippen LogP contribution in [0.1, 0.15) is 54.1 Å². The number of carbonyl (C=O) groups excluding carboxylic acids is 2. The molecule has 1 aromatic heterocycles. The summed E-state index contributed by atoms with van der Waals surface area (Å²) in [6.45, 7) is 2.82. The van der Waals surface area contributed by atoms with Crippen LogP contribution >= 0.6 is 0 Å². The maximum absolute atomic E-state index is 13.4. The number of hydrogen-bond acceptors (Lipinski definition) is 3. The van der Waals surface area contributed by atoms with E-state index in [1.54, 1.807) is 11.1 Å². The number of rotatable bonds is 5. The molecule has 1 aromatic carbocycles. The van der Waals surface area contributed by atoms with E-state index in [-0.39, 0.29) is 17.4 Å². The molecule has 168 valence electrons. The van der Waals surface area contributed by atoms with E-state index in [1.165, 1.54) is 35.8 Å². The van der Waals surface area contributed by atoms with Gasteiger partial charge in [0.15, 0.2) is 0 Å². The van der Waals surface area contributed by atoms with Crippen molar-refractivity contribution in [3.8, 4) is 5.69 Å². The van der Waals surface area contributed by atoms with Gasteiger partial charge in [-0.05, 0) is 73.4 Å².